The quantitative estimate of drug-likeness (QED) is 0.254. The van der Waals surface area contributed by atoms with Crippen LogP contribution in [0, 0.1) is 0 Å². The lowest BCUT2D eigenvalue weighted by atomic mass is 10.1. The summed E-state index contributed by atoms with van der Waals surface area (Å²) >= 11 is 0. The fourth-order valence-corrected chi connectivity index (χ4v) is 5.22. The Morgan fingerprint density at radius 3 is 2.22 bits per heavy atom. The third-order valence-corrected chi connectivity index (χ3v) is 6.93. The summed E-state index contributed by atoms with van der Waals surface area (Å²) in [6, 6.07) is 36.8. The molecule has 0 fully saturated rings. The van der Waals surface area contributed by atoms with E-state index in [1.165, 1.54) is 5.39 Å². The molecule has 0 spiro atoms. The molecule has 8 rings (SSSR count). The molecular formula is C32H19N3O2. The number of furan rings is 2. The second-order valence-corrected chi connectivity index (χ2v) is 9.09. The minimum Gasteiger partial charge on any atom is -0.456 e. The van der Waals surface area contributed by atoms with Gasteiger partial charge in [-0.2, -0.15) is 4.98 Å². The number of para-hydroxylation sites is 2. The van der Waals surface area contributed by atoms with Crippen molar-refractivity contribution in [3.63, 3.8) is 0 Å². The van der Waals surface area contributed by atoms with Crippen molar-refractivity contribution >= 4 is 72.1 Å². The van der Waals surface area contributed by atoms with E-state index in [2.05, 4.69) is 65.6 Å². The van der Waals surface area contributed by atoms with Crippen molar-refractivity contribution in [2.75, 3.05) is 4.90 Å². The molecule has 0 atom stereocenters. The summed E-state index contributed by atoms with van der Waals surface area (Å²) in [7, 11) is 0. The molecule has 4 aromatic heterocycles. The number of anilines is 3. The Kier molecular flexibility index (Phi) is 4.16. The number of fused-ring (bicyclic) bond motifs is 7. The molecule has 0 unspecified atom stereocenters. The highest BCUT2D eigenvalue weighted by molar-refractivity contribution is 6.12. The maximum Gasteiger partial charge on any atom is 0.229 e. The summed E-state index contributed by atoms with van der Waals surface area (Å²) in [4.78, 5) is 12.0. The molecule has 37 heavy (non-hydrogen) atoms. The van der Waals surface area contributed by atoms with Crippen molar-refractivity contribution in [1.29, 1.82) is 0 Å². The lowest BCUT2D eigenvalue weighted by Crippen LogP contribution is -2.13. The molecule has 0 N–H and O–H groups in total. The van der Waals surface area contributed by atoms with Gasteiger partial charge in [-0.25, -0.2) is 4.98 Å². The number of hydrogen-bond acceptors (Lipinski definition) is 5. The molecule has 0 amide bonds. The third-order valence-electron chi connectivity index (χ3n) is 6.93. The van der Waals surface area contributed by atoms with E-state index in [4.69, 9.17) is 18.8 Å². The summed E-state index contributed by atoms with van der Waals surface area (Å²) < 4.78 is 12.3. The summed E-state index contributed by atoms with van der Waals surface area (Å²) in [6.07, 6.45) is 1.79. The van der Waals surface area contributed by atoms with Crippen LogP contribution in [0.5, 0.6) is 0 Å². The minimum absolute atomic E-state index is 0.591. The lowest BCUT2D eigenvalue weighted by Gasteiger charge is -2.24. The molecule has 4 heterocycles. The van der Waals surface area contributed by atoms with Gasteiger partial charge >= 0.3 is 0 Å². The first kappa shape index (κ1) is 20.1. The first-order valence-electron chi connectivity index (χ1n) is 12.2. The Labute approximate surface area is 211 Å². The topological polar surface area (TPSA) is 55.3 Å². The van der Waals surface area contributed by atoms with Crippen LogP contribution in [0.1, 0.15) is 0 Å². The summed E-state index contributed by atoms with van der Waals surface area (Å²) in [5, 5.41) is 6.30. The van der Waals surface area contributed by atoms with Gasteiger partial charge in [0, 0.05) is 28.0 Å². The molecule has 5 nitrogen and oxygen atoms in total. The van der Waals surface area contributed by atoms with Gasteiger partial charge in [0.15, 0.2) is 5.82 Å². The van der Waals surface area contributed by atoms with Crippen LogP contribution in [0.4, 0.5) is 17.3 Å². The van der Waals surface area contributed by atoms with Crippen LogP contribution in [0.25, 0.3) is 54.8 Å². The monoisotopic (exact) mass is 477 g/mol. The van der Waals surface area contributed by atoms with Crippen molar-refractivity contribution in [2.45, 2.75) is 0 Å². The van der Waals surface area contributed by atoms with Gasteiger partial charge in [-0.05, 0) is 53.2 Å². The molecule has 0 saturated carbocycles. The predicted molar refractivity (Wildman–Crippen MR) is 149 cm³/mol. The number of rotatable bonds is 3. The van der Waals surface area contributed by atoms with Crippen LogP contribution >= 0.6 is 0 Å². The van der Waals surface area contributed by atoms with E-state index >= 15 is 0 Å². The first-order chi connectivity index (χ1) is 18.3. The average Bonchev–Trinajstić information content (AvgIpc) is 3.51. The van der Waals surface area contributed by atoms with Crippen LogP contribution < -0.4 is 4.90 Å². The highest BCUT2D eigenvalue weighted by Crippen LogP contribution is 2.42. The molecule has 0 aliphatic heterocycles. The van der Waals surface area contributed by atoms with Gasteiger partial charge in [-0.3, -0.25) is 4.90 Å². The summed E-state index contributed by atoms with van der Waals surface area (Å²) in [5.41, 5.74) is 3.97. The Morgan fingerprint density at radius 2 is 1.32 bits per heavy atom. The van der Waals surface area contributed by atoms with E-state index in [1.54, 1.807) is 6.20 Å². The molecular weight excluding hydrogens is 458 g/mol. The van der Waals surface area contributed by atoms with Crippen LogP contribution in [0.2, 0.25) is 0 Å². The molecule has 0 radical (unpaired) electrons. The second kappa shape index (κ2) is 7.67. The minimum atomic E-state index is 0.591. The van der Waals surface area contributed by atoms with Crippen molar-refractivity contribution < 1.29 is 8.83 Å². The molecule has 5 heteroatoms. The number of benzene rings is 4. The standard InChI is InChI=1S/C32H19N3O2/c1-2-8-21-19-22(14-13-20(21)7-1)35(29-16-15-24-23-9-3-5-11-26(23)37-32(24)34-29)31-30-25-10-4-6-12-27(25)36-28(30)17-18-33-31/h1-19H. The Balaban J connectivity index is 1.44. The molecule has 0 bridgehead atoms. The zero-order valence-corrected chi connectivity index (χ0v) is 19.6. The zero-order chi connectivity index (χ0) is 24.3. The molecule has 174 valence electrons. The van der Waals surface area contributed by atoms with E-state index in [0.717, 1.165) is 55.2 Å². The van der Waals surface area contributed by atoms with Gasteiger partial charge in [-0.15, -0.1) is 0 Å². The molecule has 0 saturated heterocycles. The summed E-state index contributed by atoms with van der Waals surface area (Å²) in [5.74, 6) is 1.47. The van der Waals surface area contributed by atoms with Crippen LogP contribution in [0.15, 0.2) is 124 Å². The summed E-state index contributed by atoms with van der Waals surface area (Å²) in [6.45, 7) is 0. The average molecular weight is 478 g/mol. The fourth-order valence-electron chi connectivity index (χ4n) is 5.22. The predicted octanol–water partition coefficient (Wildman–Crippen LogP) is 8.90. The van der Waals surface area contributed by atoms with Crippen molar-refractivity contribution in [1.82, 2.24) is 9.97 Å². The van der Waals surface area contributed by atoms with Crippen molar-refractivity contribution in [2.24, 2.45) is 0 Å². The number of hydrogen-bond donors (Lipinski definition) is 0. The number of nitrogens with zero attached hydrogens (tertiary/aromatic N) is 3. The van der Waals surface area contributed by atoms with Gasteiger partial charge in [-0.1, -0.05) is 66.7 Å². The zero-order valence-electron chi connectivity index (χ0n) is 19.6. The number of pyridine rings is 2. The van der Waals surface area contributed by atoms with Gasteiger partial charge in [0.2, 0.25) is 5.71 Å². The molecule has 0 aliphatic rings. The smallest absolute Gasteiger partial charge is 0.229 e. The van der Waals surface area contributed by atoms with Gasteiger partial charge in [0.25, 0.3) is 0 Å². The number of aromatic nitrogens is 2. The van der Waals surface area contributed by atoms with Gasteiger partial charge in [0.1, 0.15) is 22.6 Å². The lowest BCUT2D eigenvalue weighted by molar-refractivity contribution is 0.654. The third kappa shape index (κ3) is 3.04. The highest BCUT2D eigenvalue weighted by atomic mass is 16.3. The van der Waals surface area contributed by atoms with Crippen LogP contribution in [0.3, 0.4) is 0 Å². The van der Waals surface area contributed by atoms with E-state index in [9.17, 15) is 0 Å². The molecule has 4 aromatic carbocycles. The highest BCUT2D eigenvalue weighted by Gasteiger charge is 2.22. The van der Waals surface area contributed by atoms with E-state index in [0.29, 0.717) is 11.5 Å². The van der Waals surface area contributed by atoms with Crippen LogP contribution in [-0.4, -0.2) is 9.97 Å². The SMILES string of the molecule is c1ccc2cc(N(c3ccc4c(n3)oc3ccccc34)c3nccc4oc5ccccc5c34)ccc2c1. The first-order valence-corrected chi connectivity index (χ1v) is 12.2. The van der Waals surface area contributed by atoms with Gasteiger partial charge < -0.3 is 8.83 Å². The largest absolute Gasteiger partial charge is 0.456 e. The van der Waals surface area contributed by atoms with Crippen LogP contribution in [-0.2, 0) is 0 Å². The normalized spacial score (nSPS) is 11.8. The Morgan fingerprint density at radius 1 is 0.568 bits per heavy atom. The second-order valence-electron chi connectivity index (χ2n) is 9.09. The van der Waals surface area contributed by atoms with Crippen molar-refractivity contribution in [3.05, 3.63) is 115 Å². The Hall–Kier alpha value is -5.16. The van der Waals surface area contributed by atoms with E-state index in [-0.39, 0.29) is 0 Å². The van der Waals surface area contributed by atoms with Crippen molar-refractivity contribution in [3.8, 4) is 0 Å². The Bertz CT molecular complexity index is 2120. The van der Waals surface area contributed by atoms with E-state index in [1.807, 2.05) is 48.5 Å². The maximum atomic E-state index is 6.19. The maximum absolute atomic E-state index is 6.19. The fraction of sp³-hybridized carbons (Fsp3) is 0. The van der Waals surface area contributed by atoms with E-state index < -0.39 is 0 Å². The molecule has 8 aromatic rings. The van der Waals surface area contributed by atoms with Gasteiger partial charge in [0.05, 0.1) is 5.39 Å². The molecule has 0 aliphatic carbocycles.